The van der Waals surface area contributed by atoms with Gasteiger partial charge in [-0.3, -0.25) is 0 Å². The van der Waals surface area contributed by atoms with E-state index in [1.165, 1.54) is 29.4 Å². The van der Waals surface area contributed by atoms with Crippen LogP contribution >= 0.6 is 0 Å². The summed E-state index contributed by atoms with van der Waals surface area (Å²) in [6, 6.07) is 6.38. The third-order valence-electron chi connectivity index (χ3n) is 4.64. The maximum absolute atomic E-state index is 10.8. The summed E-state index contributed by atoms with van der Waals surface area (Å²) in [6.07, 6.45) is -1.39. The molecule has 11 nitrogen and oxygen atoms in total. The molecule has 0 radical (unpaired) electrons. The molecule has 1 aromatic carbocycles. The first kappa shape index (κ1) is 19.8. The van der Waals surface area contributed by atoms with Crippen LogP contribution in [0.15, 0.2) is 36.9 Å². The van der Waals surface area contributed by atoms with Gasteiger partial charge in [0, 0.05) is 0 Å². The summed E-state index contributed by atoms with van der Waals surface area (Å²) in [5, 5.41) is 40.9. The summed E-state index contributed by atoms with van der Waals surface area (Å²) in [7, 11) is 0. The molecule has 3 N–H and O–H groups in total. The van der Waals surface area contributed by atoms with Crippen LogP contribution in [-0.4, -0.2) is 79.6 Å². The predicted octanol–water partition coefficient (Wildman–Crippen LogP) is -1.12. The van der Waals surface area contributed by atoms with Crippen molar-refractivity contribution in [1.29, 1.82) is 0 Å². The summed E-state index contributed by atoms with van der Waals surface area (Å²) < 4.78 is 7.81. The minimum absolute atomic E-state index is 0.0444. The number of nitro groups is 1. The van der Waals surface area contributed by atoms with Gasteiger partial charge in [0.1, 0.15) is 0 Å². The number of benzene rings is 1. The van der Waals surface area contributed by atoms with E-state index in [9.17, 15) is 25.4 Å². The van der Waals surface area contributed by atoms with Crippen LogP contribution < -0.4 is 4.59 Å². The number of aromatic nitrogens is 4. The van der Waals surface area contributed by atoms with Gasteiger partial charge < -0.3 is 0 Å². The number of hydrogen-bond acceptors (Lipinski definition) is 9. The van der Waals surface area contributed by atoms with Crippen molar-refractivity contribution in [2.24, 2.45) is 0 Å². The standard InChI is InChI=1S/C17H17N5O6Se/c23-5-11-13(24)14(25)17(28-11)21-8-20-12-15(21)18-7-19-16(12)29-6-9-1-3-10(4-2-9)22(26)27/h1-4,7-8,11,13-14,17,23-25H,5-6H2/t11-,13-,14-,17-/m1/s1. The first-order valence-electron chi connectivity index (χ1n) is 8.65. The SMILES string of the molecule is O=[N+]([O-])c1ccc(C[Se]c2ncnc3c2ncn3[C@@H]2O[C@H](CO)[C@@H](O)[C@H]2O)cc1. The van der Waals surface area contributed by atoms with E-state index in [-0.39, 0.29) is 20.6 Å². The van der Waals surface area contributed by atoms with E-state index in [1.807, 2.05) is 0 Å². The van der Waals surface area contributed by atoms with E-state index in [0.717, 1.165) is 10.2 Å². The van der Waals surface area contributed by atoms with E-state index in [2.05, 4.69) is 15.0 Å². The molecular formula is C17H17N5O6Se. The Hall–Kier alpha value is -2.47. The van der Waals surface area contributed by atoms with Crippen molar-refractivity contribution < 1.29 is 25.0 Å². The van der Waals surface area contributed by atoms with Crippen LogP contribution in [0.3, 0.4) is 0 Å². The number of imidazole rings is 1. The molecule has 1 fully saturated rings. The summed E-state index contributed by atoms with van der Waals surface area (Å²) in [5.41, 5.74) is 2.01. The molecule has 0 spiro atoms. The molecule has 0 unspecified atom stereocenters. The maximum atomic E-state index is 10.8. The van der Waals surface area contributed by atoms with Gasteiger partial charge in [0.25, 0.3) is 0 Å². The Morgan fingerprint density at radius 1 is 1.17 bits per heavy atom. The Morgan fingerprint density at radius 2 is 1.93 bits per heavy atom. The molecule has 152 valence electrons. The van der Waals surface area contributed by atoms with Gasteiger partial charge in [0.2, 0.25) is 0 Å². The molecule has 1 aliphatic rings. The Balaban J connectivity index is 1.55. The summed E-state index contributed by atoms with van der Waals surface area (Å²) >= 11 is -0.112. The average molecular weight is 466 g/mol. The van der Waals surface area contributed by atoms with Crippen LogP contribution in [0.2, 0.25) is 0 Å². The Kier molecular flexibility index (Phi) is 5.54. The van der Waals surface area contributed by atoms with Crippen LogP contribution in [0.1, 0.15) is 11.8 Å². The molecular weight excluding hydrogens is 449 g/mol. The van der Waals surface area contributed by atoms with E-state index < -0.39 is 36.1 Å². The fourth-order valence-corrected chi connectivity index (χ4v) is 4.98. The molecule has 1 saturated heterocycles. The van der Waals surface area contributed by atoms with E-state index in [0.29, 0.717) is 16.5 Å². The molecule has 4 rings (SSSR count). The van der Waals surface area contributed by atoms with Crippen molar-refractivity contribution in [2.75, 3.05) is 6.61 Å². The van der Waals surface area contributed by atoms with Gasteiger partial charge in [0.15, 0.2) is 0 Å². The minimum atomic E-state index is -1.23. The van der Waals surface area contributed by atoms with Gasteiger partial charge in [-0.25, -0.2) is 0 Å². The van der Waals surface area contributed by atoms with Gasteiger partial charge in [0.05, 0.1) is 0 Å². The van der Waals surface area contributed by atoms with Crippen molar-refractivity contribution in [3.8, 4) is 0 Å². The Bertz CT molecular complexity index is 1030. The van der Waals surface area contributed by atoms with Gasteiger partial charge >= 0.3 is 170 Å². The normalized spacial score (nSPS) is 24.2. The van der Waals surface area contributed by atoms with E-state index in [1.54, 1.807) is 12.1 Å². The number of rotatable bonds is 6. The molecule has 29 heavy (non-hydrogen) atoms. The molecule has 12 heteroatoms. The van der Waals surface area contributed by atoms with Crippen LogP contribution in [0, 0.1) is 10.1 Å². The van der Waals surface area contributed by atoms with E-state index >= 15 is 0 Å². The fraction of sp³-hybridized carbons (Fsp3) is 0.353. The Morgan fingerprint density at radius 3 is 2.59 bits per heavy atom. The number of ether oxygens (including phenoxy) is 1. The van der Waals surface area contributed by atoms with Crippen molar-refractivity contribution in [3.63, 3.8) is 0 Å². The molecule has 0 bridgehead atoms. The van der Waals surface area contributed by atoms with E-state index in [4.69, 9.17) is 4.74 Å². The summed E-state index contributed by atoms with van der Waals surface area (Å²) in [6.45, 7) is -0.417. The zero-order valence-corrected chi connectivity index (χ0v) is 16.6. The molecule has 0 saturated carbocycles. The number of nitro benzene ring substituents is 1. The van der Waals surface area contributed by atoms with Crippen LogP contribution in [0.25, 0.3) is 11.2 Å². The molecule has 0 amide bonds. The number of non-ortho nitro benzene ring substituents is 1. The number of nitrogens with zero attached hydrogens (tertiary/aromatic N) is 5. The second kappa shape index (κ2) is 8.11. The van der Waals surface area contributed by atoms with Crippen molar-refractivity contribution in [2.45, 2.75) is 29.9 Å². The van der Waals surface area contributed by atoms with Gasteiger partial charge in [-0.1, -0.05) is 0 Å². The molecule has 4 atom stereocenters. The Labute approximate surface area is 170 Å². The summed E-state index contributed by atoms with van der Waals surface area (Å²) in [4.78, 5) is 23.2. The summed E-state index contributed by atoms with van der Waals surface area (Å²) in [5.74, 6) is 0. The quantitative estimate of drug-likeness (QED) is 0.233. The second-order valence-electron chi connectivity index (χ2n) is 6.44. The molecule has 3 heterocycles. The molecule has 1 aliphatic heterocycles. The molecule has 2 aromatic heterocycles. The first-order chi connectivity index (χ1) is 14.0. The number of aliphatic hydroxyl groups excluding tert-OH is 3. The zero-order valence-electron chi connectivity index (χ0n) is 14.9. The van der Waals surface area contributed by atoms with Crippen LogP contribution in [-0.2, 0) is 10.1 Å². The predicted molar refractivity (Wildman–Crippen MR) is 101 cm³/mol. The zero-order chi connectivity index (χ0) is 20.5. The van der Waals surface area contributed by atoms with Crippen molar-refractivity contribution >= 4 is 36.4 Å². The topological polar surface area (TPSA) is 157 Å². The second-order valence-corrected chi connectivity index (χ2v) is 8.47. The number of hydrogen-bond donors (Lipinski definition) is 3. The first-order valence-corrected chi connectivity index (χ1v) is 10.7. The third-order valence-corrected chi connectivity index (χ3v) is 6.84. The average Bonchev–Trinajstić information content (AvgIpc) is 3.28. The monoisotopic (exact) mass is 467 g/mol. The third kappa shape index (κ3) is 3.73. The van der Waals surface area contributed by atoms with Gasteiger partial charge in [-0.05, 0) is 0 Å². The molecule has 0 aliphatic carbocycles. The fourth-order valence-electron chi connectivity index (χ4n) is 3.10. The van der Waals surface area contributed by atoms with Crippen molar-refractivity contribution in [3.05, 3.63) is 52.6 Å². The van der Waals surface area contributed by atoms with Crippen LogP contribution in [0.4, 0.5) is 5.69 Å². The van der Waals surface area contributed by atoms with Gasteiger partial charge in [-0.15, -0.1) is 0 Å². The number of aliphatic hydroxyl groups is 3. The number of fused-ring (bicyclic) bond motifs is 1. The molecule has 3 aromatic rings. The van der Waals surface area contributed by atoms with Crippen LogP contribution in [0.5, 0.6) is 0 Å². The van der Waals surface area contributed by atoms with Crippen molar-refractivity contribution in [1.82, 2.24) is 19.5 Å². The van der Waals surface area contributed by atoms with Gasteiger partial charge in [-0.2, -0.15) is 0 Å².